The van der Waals surface area contributed by atoms with Crippen molar-refractivity contribution in [3.63, 3.8) is 0 Å². The predicted molar refractivity (Wildman–Crippen MR) is 111 cm³/mol. The second-order valence-electron chi connectivity index (χ2n) is 6.78. The molecule has 0 atom stereocenters. The van der Waals surface area contributed by atoms with Crippen molar-refractivity contribution in [1.29, 1.82) is 5.26 Å². The number of hydrogen-bond donors (Lipinski definition) is 1. The molecule has 0 saturated carbocycles. The molecule has 0 unspecified atom stereocenters. The Balaban J connectivity index is 1.85. The molecule has 0 aliphatic heterocycles. The molecule has 4 aromatic rings. The van der Waals surface area contributed by atoms with Crippen LogP contribution >= 0.6 is 0 Å². The lowest BCUT2D eigenvalue weighted by atomic mass is 10.1. The second kappa shape index (κ2) is 7.83. The van der Waals surface area contributed by atoms with Crippen molar-refractivity contribution in [3.8, 4) is 17.6 Å². The Labute approximate surface area is 177 Å². The lowest BCUT2D eigenvalue weighted by Gasteiger charge is -2.14. The van der Waals surface area contributed by atoms with Crippen LogP contribution < -0.4 is 4.74 Å². The molecular formula is C22H16FN3O4S. The summed E-state index contributed by atoms with van der Waals surface area (Å²) in [7, 11) is -3.98. The minimum Gasteiger partial charge on any atom is -0.454 e. The zero-order valence-electron chi connectivity index (χ0n) is 16.3. The van der Waals surface area contributed by atoms with Crippen LogP contribution in [0.4, 0.5) is 4.39 Å². The molecule has 9 heteroatoms. The molecule has 1 N–H and O–H groups in total. The van der Waals surface area contributed by atoms with Gasteiger partial charge in [0.15, 0.2) is 11.6 Å². The molecule has 2 heterocycles. The number of nitriles is 1. The molecule has 7 nitrogen and oxygen atoms in total. The van der Waals surface area contributed by atoms with Crippen LogP contribution in [0.3, 0.4) is 0 Å². The van der Waals surface area contributed by atoms with E-state index in [0.717, 1.165) is 15.6 Å². The maximum atomic E-state index is 15.0. The van der Waals surface area contributed by atoms with Gasteiger partial charge in [-0.2, -0.15) is 5.26 Å². The number of benzene rings is 2. The van der Waals surface area contributed by atoms with E-state index in [4.69, 9.17) is 10.00 Å². The molecule has 0 amide bonds. The Kier molecular flexibility index (Phi) is 5.19. The Hall–Kier alpha value is -3.74. The predicted octanol–water partition coefficient (Wildman–Crippen LogP) is 3.88. The number of aliphatic hydroxyl groups excluding tert-OH is 1. The maximum absolute atomic E-state index is 15.0. The normalized spacial score (nSPS) is 11.4. The van der Waals surface area contributed by atoms with Crippen molar-refractivity contribution in [2.24, 2.45) is 0 Å². The van der Waals surface area contributed by atoms with Gasteiger partial charge in [-0.3, -0.25) is 0 Å². The Morgan fingerprint density at radius 3 is 2.61 bits per heavy atom. The minimum atomic E-state index is -3.98. The highest BCUT2D eigenvalue weighted by atomic mass is 32.2. The van der Waals surface area contributed by atoms with E-state index in [9.17, 15) is 13.5 Å². The van der Waals surface area contributed by atoms with E-state index in [0.29, 0.717) is 5.39 Å². The molecule has 0 radical (unpaired) electrons. The number of aliphatic hydroxyl groups is 1. The highest BCUT2D eigenvalue weighted by Gasteiger charge is 2.23. The summed E-state index contributed by atoms with van der Waals surface area (Å²) >= 11 is 0. The fourth-order valence-electron chi connectivity index (χ4n) is 3.23. The number of aryl methyl sites for hydroxylation is 1. The topological polar surface area (TPSA) is 105 Å². The average molecular weight is 437 g/mol. The lowest BCUT2D eigenvalue weighted by molar-refractivity contribution is 0.276. The minimum absolute atomic E-state index is 0.0581. The molecular weight excluding hydrogens is 421 g/mol. The standard InChI is InChI=1S/C22H16FN3O4S/c1-14-2-4-17(5-3-14)31(28,29)26-9-7-18-19(13-27)22(20(23)11-21(18)26)30-16-6-8-25-15(10-16)12-24/h2-11,27H,13H2,1H3. The molecule has 156 valence electrons. The third kappa shape index (κ3) is 3.63. The Morgan fingerprint density at radius 2 is 1.94 bits per heavy atom. The van der Waals surface area contributed by atoms with Gasteiger partial charge in [0.1, 0.15) is 17.5 Å². The van der Waals surface area contributed by atoms with Crippen molar-refractivity contribution in [3.05, 3.63) is 83.6 Å². The third-order valence-corrected chi connectivity index (χ3v) is 6.48. The first kappa shape index (κ1) is 20.5. The van der Waals surface area contributed by atoms with E-state index < -0.39 is 22.4 Å². The van der Waals surface area contributed by atoms with E-state index in [1.54, 1.807) is 12.1 Å². The number of aromatic nitrogens is 2. The molecule has 2 aromatic heterocycles. The van der Waals surface area contributed by atoms with E-state index >= 15 is 4.39 Å². The van der Waals surface area contributed by atoms with E-state index in [1.807, 2.05) is 13.0 Å². The van der Waals surface area contributed by atoms with E-state index in [2.05, 4.69) is 4.98 Å². The summed E-state index contributed by atoms with van der Waals surface area (Å²) in [4.78, 5) is 3.88. The number of halogens is 1. The van der Waals surface area contributed by atoms with Crippen LogP contribution in [-0.4, -0.2) is 22.5 Å². The first-order valence-corrected chi connectivity index (χ1v) is 10.6. The smallest absolute Gasteiger partial charge is 0.268 e. The molecule has 0 fully saturated rings. The van der Waals surface area contributed by atoms with Gasteiger partial charge in [-0.1, -0.05) is 17.7 Å². The zero-order chi connectivity index (χ0) is 22.2. The summed E-state index contributed by atoms with van der Waals surface area (Å²) in [6.45, 7) is 1.25. The highest BCUT2D eigenvalue weighted by Crippen LogP contribution is 2.36. The zero-order valence-corrected chi connectivity index (χ0v) is 17.1. The fourth-order valence-corrected chi connectivity index (χ4v) is 4.57. The summed E-state index contributed by atoms with van der Waals surface area (Å²) < 4.78 is 47.7. The van der Waals surface area contributed by atoms with Crippen LogP contribution in [0.15, 0.2) is 65.8 Å². The van der Waals surface area contributed by atoms with Crippen molar-refractivity contribution in [1.82, 2.24) is 8.96 Å². The average Bonchev–Trinajstić information content (AvgIpc) is 3.19. The molecule has 0 aliphatic carbocycles. The Morgan fingerprint density at radius 1 is 1.19 bits per heavy atom. The second-order valence-corrected chi connectivity index (χ2v) is 8.59. The van der Waals surface area contributed by atoms with Gasteiger partial charge in [0.2, 0.25) is 0 Å². The van der Waals surface area contributed by atoms with Gasteiger partial charge >= 0.3 is 0 Å². The summed E-state index contributed by atoms with van der Waals surface area (Å²) in [5.74, 6) is -0.951. The van der Waals surface area contributed by atoms with Gasteiger partial charge in [-0.05, 0) is 31.2 Å². The fraction of sp³-hybridized carbons (Fsp3) is 0.0909. The summed E-state index contributed by atoms with van der Waals surface area (Å²) in [6, 6.07) is 13.5. The number of nitrogens with zero attached hydrogens (tertiary/aromatic N) is 3. The summed E-state index contributed by atoms with van der Waals surface area (Å²) in [5.41, 5.74) is 1.15. The quantitative estimate of drug-likeness (QED) is 0.508. The van der Waals surface area contributed by atoms with Gasteiger partial charge < -0.3 is 9.84 Å². The van der Waals surface area contributed by atoms with Crippen LogP contribution in [0.25, 0.3) is 10.9 Å². The monoisotopic (exact) mass is 437 g/mol. The van der Waals surface area contributed by atoms with Gasteiger partial charge in [0.25, 0.3) is 10.0 Å². The van der Waals surface area contributed by atoms with E-state index in [1.165, 1.54) is 42.7 Å². The summed E-state index contributed by atoms with van der Waals surface area (Å²) in [6.07, 6.45) is 2.65. The molecule has 31 heavy (non-hydrogen) atoms. The first-order valence-electron chi connectivity index (χ1n) is 9.14. The van der Waals surface area contributed by atoms with Crippen LogP contribution in [0, 0.1) is 24.1 Å². The van der Waals surface area contributed by atoms with Crippen molar-refractivity contribution in [2.45, 2.75) is 18.4 Å². The molecule has 0 spiro atoms. The number of pyridine rings is 1. The SMILES string of the molecule is Cc1ccc(S(=O)(=O)n2ccc3c(CO)c(Oc4ccnc(C#N)c4)c(F)cc32)cc1. The number of hydrogen-bond acceptors (Lipinski definition) is 6. The molecule has 2 aromatic carbocycles. The molecule has 0 bridgehead atoms. The van der Waals surface area contributed by atoms with Gasteiger partial charge in [0, 0.05) is 35.5 Å². The molecule has 4 rings (SSSR count). The van der Waals surface area contributed by atoms with Crippen molar-refractivity contribution >= 4 is 20.9 Å². The van der Waals surface area contributed by atoms with Crippen LogP contribution in [0.1, 0.15) is 16.8 Å². The Bertz CT molecular complexity index is 1440. The van der Waals surface area contributed by atoms with Crippen molar-refractivity contribution in [2.75, 3.05) is 0 Å². The number of fused-ring (bicyclic) bond motifs is 1. The van der Waals surface area contributed by atoms with Gasteiger partial charge in [-0.15, -0.1) is 0 Å². The highest BCUT2D eigenvalue weighted by molar-refractivity contribution is 7.90. The first-order chi connectivity index (χ1) is 14.8. The van der Waals surface area contributed by atoms with Gasteiger partial charge in [0.05, 0.1) is 17.0 Å². The van der Waals surface area contributed by atoms with Crippen LogP contribution in [0.5, 0.6) is 11.5 Å². The third-order valence-electron chi connectivity index (χ3n) is 4.77. The molecule has 0 aliphatic rings. The summed E-state index contributed by atoms with van der Waals surface area (Å²) in [5, 5.41) is 19.2. The largest absolute Gasteiger partial charge is 0.454 e. The number of ether oxygens (including phenoxy) is 1. The van der Waals surface area contributed by atoms with E-state index in [-0.39, 0.29) is 33.2 Å². The number of rotatable bonds is 5. The van der Waals surface area contributed by atoms with Crippen molar-refractivity contribution < 1.29 is 22.7 Å². The lowest BCUT2D eigenvalue weighted by Crippen LogP contribution is -2.12. The molecule has 0 saturated heterocycles. The van der Waals surface area contributed by atoms with Gasteiger partial charge in [-0.25, -0.2) is 21.8 Å². The maximum Gasteiger partial charge on any atom is 0.268 e. The van der Waals surface area contributed by atoms with Crippen LogP contribution in [0.2, 0.25) is 0 Å². The van der Waals surface area contributed by atoms with Crippen LogP contribution in [-0.2, 0) is 16.6 Å².